The maximum Gasteiger partial charge on any atom is 0.324 e. The molecule has 6 heteroatoms. The van der Waals surface area contributed by atoms with E-state index in [1.54, 1.807) is 6.92 Å². The number of likely N-dealkylation sites (N-methyl/N-ethyl adjacent to an activating group) is 1. The normalized spacial score (nSPS) is 20.2. The number of amides is 3. The second kappa shape index (κ2) is 6.56. The molecular weight excluding hydrogens is 222 g/mol. The van der Waals surface area contributed by atoms with Crippen LogP contribution in [0.1, 0.15) is 13.8 Å². The van der Waals surface area contributed by atoms with E-state index in [4.69, 9.17) is 4.74 Å². The van der Waals surface area contributed by atoms with E-state index >= 15 is 0 Å². The number of nitrogens with zero attached hydrogens (tertiary/aromatic N) is 2. The summed E-state index contributed by atoms with van der Waals surface area (Å²) in [6.07, 6.45) is 0. The number of hydrogen-bond donors (Lipinski definition) is 1. The second-order valence-electron chi connectivity index (χ2n) is 4.16. The van der Waals surface area contributed by atoms with Gasteiger partial charge in [-0.3, -0.25) is 9.69 Å². The zero-order valence-corrected chi connectivity index (χ0v) is 10.7. The Hall–Kier alpha value is -1.14. The second-order valence-corrected chi connectivity index (χ2v) is 4.16. The number of nitrogens with one attached hydrogen (secondary N) is 1. The Morgan fingerprint density at radius 1 is 1.41 bits per heavy atom. The molecule has 1 N–H and O–H groups in total. The van der Waals surface area contributed by atoms with Gasteiger partial charge in [0.2, 0.25) is 0 Å². The molecule has 0 bridgehead atoms. The van der Waals surface area contributed by atoms with Crippen LogP contribution in [0.5, 0.6) is 0 Å². The summed E-state index contributed by atoms with van der Waals surface area (Å²) in [5.74, 6) is -0.145. The minimum atomic E-state index is -0.392. The molecule has 0 spiro atoms. The molecule has 98 valence electrons. The van der Waals surface area contributed by atoms with Crippen molar-refractivity contribution in [1.82, 2.24) is 15.1 Å². The summed E-state index contributed by atoms with van der Waals surface area (Å²) in [6.45, 7) is 6.92. The first-order valence-corrected chi connectivity index (χ1v) is 5.94. The molecule has 1 fully saturated rings. The van der Waals surface area contributed by atoms with Gasteiger partial charge in [0.25, 0.3) is 5.91 Å². The predicted octanol–water partition coefficient (Wildman–Crippen LogP) is -0.105. The van der Waals surface area contributed by atoms with Gasteiger partial charge < -0.3 is 15.0 Å². The lowest BCUT2D eigenvalue weighted by Gasteiger charge is -2.19. The number of ether oxygens (including phenoxy) is 1. The van der Waals surface area contributed by atoms with Gasteiger partial charge in [-0.2, -0.15) is 0 Å². The Morgan fingerprint density at radius 2 is 2.12 bits per heavy atom. The minimum absolute atomic E-state index is 0.145. The largest absolute Gasteiger partial charge is 0.380 e. The molecule has 1 aliphatic heterocycles. The van der Waals surface area contributed by atoms with Crippen molar-refractivity contribution < 1.29 is 14.3 Å². The van der Waals surface area contributed by atoms with Gasteiger partial charge in [0.15, 0.2) is 0 Å². The van der Waals surface area contributed by atoms with E-state index in [2.05, 4.69) is 5.32 Å². The van der Waals surface area contributed by atoms with Crippen LogP contribution in [0, 0.1) is 0 Å². The molecule has 1 heterocycles. The fraction of sp³-hybridized carbons (Fsp3) is 0.818. The van der Waals surface area contributed by atoms with Gasteiger partial charge in [-0.15, -0.1) is 0 Å². The molecule has 17 heavy (non-hydrogen) atoms. The predicted molar refractivity (Wildman–Crippen MR) is 63.7 cm³/mol. The summed E-state index contributed by atoms with van der Waals surface area (Å²) in [7, 11) is 1.95. The first kappa shape index (κ1) is 13.9. The number of imide groups is 1. The first-order chi connectivity index (χ1) is 8.06. The first-order valence-electron chi connectivity index (χ1n) is 5.94. The van der Waals surface area contributed by atoms with E-state index in [9.17, 15) is 9.59 Å². The van der Waals surface area contributed by atoms with E-state index in [-0.39, 0.29) is 11.9 Å². The number of hydrogen-bond acceptors (Lipinski definition) is 4. The van der Waals surface area contributed by atoms with Gasteiger partial charge in [0.1, 0.15) is 6.04 Å². The lowest BCUT2D eigenvalue weighted by Crippen LogP contribution is -2.38. The van der Waals surface area contributed by atoms with Crippen molar-refractivity contribution in [2.24, 2.45) is 0 Å². The van der Waals surface area contributed by atoms with E-state index in [0.717, 1.165) is 6.54 Å². The molecule has 0 aromatic heterocycles. The monoisotopic (exact) mass is 243 g/mol. The molecule has 0 aromatic rings. The highest BCUT2D eigenvalue weighted by molar-refractivity contribution is 6.03. The number of urea groups is 1. The van der Waals surface area contributed by atoms with E-state index in [1.165, 1.54) is 4.90 Å². The molecule has 3 amide bonds. The van der Waals surface area contributed by atoms with Crippen molar-refractivity contribution in [3.63, 3.8) is 0 Å². The summed E-state index contributed by atoms with van der Waals surface area (Å²) < 4.78 is 5.23. The topological polar surface area (TPSA) is 61.9 Å². The summed E-state index contributed by atoms with van der Waals surface area (Å²) in [5, 5.41) is 2.59. The molecule has 1 aliphatic rings. The quantitative estimate of drug-likeness (QED) is 0.501. The van der Waals surface area contributed by atoms with Gasteiger partial charge in [-0.05, 0) is 20.9 Å². The molecule has 0 aromatic carbocycles. The van der Waals surface area contributed by atoms with E-state index in [0.29, 0.717) is 26.3 Å². The Bertz CT molecular complexity index is 283. The standard InChI is InChI=1S/C11H21N3O3/c1-4-17-8-7-13(3)5-6-14-10(15)9(2)12-11(14)16/h9H,4-8H2,1-3H3,(H,12,16). The van der Waals surface area contributed by atoms with Crippen LogP contribution in [0.25, 0.3) is 0 Å². The summed E-state index contributed by atoms with van der Waals surface area (Å²) >= 11 is 0. The molecule has 1 rings (SSSR count). The smallest absolute Gasteiger partial charge is 0.324 e. The summed E-state index contributed by atoms with van der Waals surface area (Å²) in [6, 6.07) is -0.683. The lowest BCUT2D eigenvalue weighted by atomic mass is 10.3. The third-order valence-electron chi connectivity index (χ3n) is 2.75. The maximum absolute atomic E-state index is 11.6. The molecule has 0 aliphatic carbocycles. The van der Waals surface area contributed by atoms with Crippen LogP contribution in [-0.2, 0) is 9.53 Å². The van der Waals surface area contributed by atoms with E-state index < -0.39 is 6.04 Å². The van der Waals surface area contributed by atoms with Crippen molar-refractivity contribution in [2.75, 3.05) is 39.9 Å². The van der Waals surface area contributed by atoms with E-state index in [1.807, 2.05) is 18.9 Å². The minimum Gasteiger partial charge on any atom is -0.380 e. The van der Waals surface area contributed by atoms with Gasteiger partial charge in [0.05, 0.1) is 6.61 Å². The molecule has 0 saturated carbocycles. The highest BCUT2D eigenvalue weighted by Crippen LogP contribution is 2.05. The highest BCUT2D eigenvalue weighted by atomic mass is 16.5. The fourth-order valence-corrected chi connectivity index (χ4v) is 1.62. The van der Waals surface area contributed by atoms with Crippen LogP contribution >= 0.6 is 0 Å². The average Bonchev–Trinajstić information content (AvgIpc) is 2.51. The summed E-state index contributed by atoms with van der Waals surface area (Å²) in [4.78, 5) is 26.3. The zero-order chi connectivity index (χ0) is 12.8. The maximum atomic E-state index is 11.6. The number of carbonyl (C=O) groups excluding carboxylic acids is 2. The van der Waals surface area contributed by atoms with Crippen LogP contribution in [0.15, 0.2) is 0 Å². The Labute approximate surface area is 102 Å². The molecule has 1 saturated heterocycles. The van der Waals surface area contributed by atoms with Crippen molar-refractivity contribution in [3.8, 4) is 0 Å². The molecule has 6 nitrogen and oxygen atoms in total. The van der Waals surface area contributed by atoms with Crippen molar-refractivity contribution >= 4 is 11.9 Å². The number of rotatable bonds is 7. The van der Waals surface area contributed by atoms with Gasteiger partial charge >= 0.3 is 6.03 Å². The number of carbonyl (C=O) groups is 2. The van der Waals surface area contributed by atoms with Gasteiger partial charge in [-0.25, -0.2) is 4.79 Å². The van der Waals surface area contributed by atoms with Crippen LogP contribution in [0.3, 0.4) is 0 Å². The summed E-state index contributed by atoms with van der Waals surface area (Å²) in [5.41, 5.74) is 0. The van der Waals surface area contributed by atoms with Crippen molar-refractivity contribution in [3.05, 3.63) is 0 Å². The average molecular weight is 243 g/mol. The van der Waals surface area contributed by atoms with Crippen molar-refractivity contribution in [1.29, 1.82) is 0 Å². The third-order valence-corrected chi connectivity index (χ3v) is 2.75. The van der Waals surface area contributed by atoms with Gasteiger partial charge in [-0.1, -0.05) is 0 Å². The molecule has 1 atom stereocenters. The van der Waals surface area contributed by atoms with Crippen LogP contribution in [0.4, 0.5) is 4.79 Å². The molecular formula is C11H21N3O3. The van der Waals surface area contributed by atoms with Crippen molar-refractivity contribution in [2.45, 2.75) is 19.9 Å². The highest BCUT2D eigenvalue weighted by Gasteiger charge is 2.34. The van der Waals surface area contributed by atoms with Crippen LogP contribution in [0.2, 0.25) is 0 Å². The molecule has 0 radical (unpaired) electrons. The third kappa shape index (κ3) is 3.98. The Balaban J connectivity index is 2.25. The SMILES string of the molecule is CCOCCN(C)CCN1C(=O)NC(C)C1=O. The lowest BCUT2D eigenvalue weighted by molar-refractivity contribution is -0.127. The fourth-order valence-electron chi connectivity index (χ4n) is 1.62. The Morgan fingerprint density at radius 3 is 2.65 bits per heavy atom. The zero-order valence-electron chi connectivity index (χ0n) is 10.7. The molecule has 1 unspecified atom stereocenters. The Kier molecular flexibility index (Phi) is 5.37. The van der Waals surface area contributed by atoms with Crippen LogP contribution in [-0.4, -0.2) is 67.7 Å². The van der Waals surface area contributed by atoms with Gasteiger partial charge in [0, 0.05) is 26.2 Å². The van der Waals surface area contributed by atoms with Crippen LogP contribution < -0.4 is 5.32 Å².